The minimum Gasteiger partial charge on any atom is -0.344 e. The van der Waals surface area contributed by atoms with Crippen LogP contribution in [-0.4, -0.2) is 20.7 Å². The number of hydrogen-bond acceptors (Lipinski definition) is 4. The predicted octanol–water partition coefficient (Wildman–Crippen LogP) is 4.11. The second-order valence-electron chi connectivity index (χ2n) is 6.65. The number of nitrogens with zero attached hydrogens (tertiary/aromatic N) is 3. The summed E-state index contributed by atoms with van der Waals surface area (Å²) >= 11 is 1.66. The lowest BCUT2D eigenvalue weighted by molar-refractivity contribution is 0.0939. The highest BCUT2D eigenvalue weighted by atomic mass is 32.1. The van der Waals surface area contributed by atoms with E-state index in [9.17, 15) is 4.79 Å². The van der Waals surface area contributed by atoms with Gasteiger partial charge in [0, 0.05) is 16.1 Å². The number of aryl methyl sites for hydroxylation is 4. The summed E-state index contributed by atoms with van der Waals surface area (Å²) in [6.07, 6.45) is 0. The molecule has 6 heteroatoms. The van der Waals surface area contributed by atoms with Gasteiger partial charge in [-0.15, -0.1) is 11.3 Å². The fourth-order valence-electron chi connectivity index (χ4n) is 3.06. The zero-order valence-electron chi connectivity index (χ0n) is 15.8. The SMILES string of the molecule is Cc1cc(C)n(Cc2ccc(C(=O)N[C@H](C)c3nc(C)sc3C)cc2)n1. The van der Waals surface area contributed by atoms with Crippen LogP contribution in [-0.2, 0) is 6.54 Å². The first-order valence-electron chi connectivity index (χ1n) is 8.68. The van der Waals surface area contributed by atoms with Gasteiger partial charge in [-0.1, -0.05) is 12.1 Å². The van der Waals surface area contributed by atoms with Crippen molar-refractivity contribution in [3.8, 4) is 0 Å². The molecule has 136 valence electrons. The number of hydrogen-bond donors (Lipinski definition) is 1. The van der Waals surface area contributed by atoms with Crippen LogP contribution in [0.3, 0.4) is 0 Å². The van der Waals surface area contributed by atoms with E-state index in [4.69, 9.17) is 0 Å². The molecule has 0 aliphatic heterocycles. The molecule has 0 radical (unpaired) electrons. The fraction of sp³-hybridized carbons (Fsp3) is 0.350. The van der Waals surface area contributed by atoms with Crippen LogP contribution in [0.25, 0.3) is 0 Å². The summed E-state index contributed by atoms with van der Waals surface area (Å²) < 4.78 is 1.97. The normalized spacial score (nSPS) is 12.2. The average Bonchev–Trinajstić information content (AvgIpc) is 3.08. The molecule has 0 aliphatic rings. The molecule has 5 nitrogen and oxygen atoms in total. The molecule has 0 saturated heterocycles. The van der Waals surface area contributed by atoms with Gasteiger partial charge in [-0.25, -0.2) is 4.98 Å². The number of carbonyl (C=O) groups excluding carboxylic acids is 1. The Hall–Kier alpha value is -2.47. The van der Waals surface area contributed by atoms with Crippen molar-refractivity contribution in [1.82, 2.24) is 20.1 Å². The Bertz CT molecular complexity index is 924. The summed E-state index contributed by atoms with van der Waals surface area (Å²) in [5, 5.41) is 8.53. The first kappa shape index (κ1) is 18.3. The van der Waals surface area contributed by atoms with E-state index in [0.29, 0.717) is 12.1 Å². The summed E-state index contributed by atoms with van der Waals surface area (Å²) in [6, 6.07) is 9.64. The number of nitrogens with one attached hydrogen (secondary N) is 1. The van der Waals surface area contributed by atoms with Gasteiger partial charge in [0.2, 0.25) is 0 Å². The maximum absolute atomic E-state index is 12.5. The highest BCUT2D eigenvalue weighted by Crippen LogP contribution is 2.22. The Morgan fingerprint density at radius 1 is 1.19 bits per heavy atom. The van der Waals surface area contributed by atoms with Crippen molar-refractivity contribution in [2.24, 2.45) is 0 Å². The lowest BCUT2D eigenvalue weighted by Gasteiger charge is -2.13. The van der Waals surface area contributed by atoms with Crippen molar-refractivity contribution in [3.63, 3.8) is 0 Å². The number of rotatable bonds is 5. The van der Waals surface area contributed by atoms with Gasteiger partial charge in [0.1, 0.15) is 0 Å². The van der Waals surface area contributed by atoms with Crippen molar-refractivity contribution < 1.29 is 4.79 Å². The van der Waals surface area contributed by atoms with E-state index in [2.05, 4.69) is 21.5 Å². The van der Waals surface area contributed by atoms with Gasteiger partial charge in [0.25, 0.3) is 5.91 Å². The smallest absolute Gasteiger partial charge is 0.251 e. The van der Waals surface area contributed by atoms with Crippen LogP contribution in [0.5, 0.6) is 0 Å². The van der Waals surface area contributed by atoms with Crippen molar-refractivity contribution in [2.45, 2.75) is 47.2 Å². The van der Waals surface area contributed by atoms with E-state index in [0.717, 1.165) is 32.5 Å². The standard InChI is InChI=1S/C20H24N4OS/c1-12-10-13(2)24(23-12)11-17-6-8-18(9-7-17)20(25)21-14(3)19-15(4)26-16(5)22-19/h6-10,14H,11H2,1-5H3,(H,21,25)/t14-/m1/s1. The quantitative estimate of drug-likeness (QED) is 0.737. The zero-order valence-corrected chi connectivity index (χ0v) is 16.6. The molecule has 0 aliphatic carbocycles. The van der Waals surface area contributed by atoms with Crippen LogP contribution in [0.1, 0.15) is 55.9 Å². The minimum absolute atomic E-state index is 0.0831. The van der Waals surface area contributed by atoms with Gasteiger partial charge in [0.15, 0.2) is 0 Å². The molecule has 1 aromatic carbocycles. The van der Waals surface area contributed by atoms with Crippen molar-refractivity contribution in [2.75, 3.05) is 0 Å². The third-order valence-corrected chi connectivity index (χ3v) is 5.25. The maximum atomic E-state index is 12.5. The van der Waals surface area contributed by atoms with E-state index in [-0.39, 0.29) is 11.9 Å². The van der Waals surface area contributed by atoms with E-state index < -0.39 is 0 Å². The summed E-state index contributed by atoms with van der Waals surface area (Å²) in [5.74, 6) is -0.0831. The van der Waals surface area contributed by atoms with Gasteiger partial charge < -0.3 is 5.32 Å². The number of carbonyl (C=O) groups is 1. The molecule has 1 N–H and O–H groups in total. The third kappa shape index (κ3) is 4.02. The molecule has 0 unspecified atom stereocenters. The molecule has 0 fully saturated rings. The van der Waals surface area contributed by atoms with Crippen LogP contribution in [0.2, 0.25) is 0 Å². The van der Waals surface area contributed by atoms with Crippen LogP contribution < -0.4 is 5.32 Å². The number of aromatic nitrogens is 3. The Morgan fingerprint density at radius 2 is 1.88 bits per heavy atom. The molecule has 3 aromatic rings. The molecular weight excluding hydrogens is 344 g/mol. The Morgan fingerprint density at radius 3 is 2.42 bits per heavy atom. The topological polar surface area (TPSA) is 59.8 Å². The number of benzene rings is 1. The molecule has 0 bridgehead atoms. The first-order valence-corrected chi connectivity index (χ1v) is 9.50. The van der Waals surface area contributed by atoms with Crippen molar-refractivity contribution >= 4 is 17.2 Å². The summed E-state index contributed by atoms with van der Waals surface area (Å²) in [7, 11) is 0. The van der Waals surface area contributed by atoms with E-state index in [1.807, 2.05) is 63.6 Å². The molecule has 2 heterocycles. The number of amides is 1. The van der Waals surface area contributed by atoms with Gasteiger partial charge >= 0.3 is 0 Å². The van der Waals surface area contributed by atoms with Crippen molar-refractivity contribution in [3.05, 3.63) is 68.4 Å². The van der Waals surface area contributed by atoms with Crippen molar-refractivity contribution in [1.29, 1.82) is 0 Å². The van der Waals surface area contributed by atoms with Crippen LogP contribution in [0.4, 0.5) is 0 Å². The second-order valence-corrected chi connectivity index (χ2v) is 8.06. The molecule has 2 aromatic heterocycles. The van der Waals surface area contributed by atoms with Gasteiger partial charge in [0.05, 0.1) is 29.0 Å². The number of thiazole rings is 1. The lowest BCUT2D eigenvalue weighted by atomic mass is 10.1. The fourth-order valence-corrected chi connectivity index (χ4v) is 3.98. The molecule has 1 atom stereocenters. The van der Waals surface area contributed by atoms with E-state index >= 15 is 0 Å². The maximum Gasteiger partial charge on any atom is 0.251 e. The Labute approximate surface area is 158 Å². The van der Waals surface area contributed by atoms with Crippen LogP contribution in [0, 0.1) is 27.7 Å². The Balaban J connectivity index is 1.67. The lowest BCUT2D eigenvalue weighted by Crippen LogP contribution is -2.27. The molecule has 3 rings (SSSR count). The van der Waals surface area contributed by atoms with E-state index in [1.165, 1.54) is 0 Å². The Kier molecular flexibility index (Phi) is 5.23. The first-order chi connectivity index (χ1) is 12.3. The summed E-state index contributed by atoms with van der Waals surface area (Å²) in [6.45, 7) is 10.7. The van der Waals surface area contributed by atoms with Gasteiger partial charge in [-0.3, -0.25) is 9.48 Å². The van der Waals surface area contributed by atoms with Gasteiger partial charge in [-0.05, 0) is 58.4 Å². The molecule has 26 heavy (non-hydrogen) atoms. The van der Waals surface area contributed by atoms with Crippen LogP contribution in [0.15, 0.2) is 30.3 Å². The highest BCUT2D eigenvalue weighted by molar-refractivity contribution is 7.11. The summed E-state index contributed by atoms with van der Waals surface area (Å²) in [4.78, 5) is 18.2. The summed E-state index contributed by atoms with van der Waals surface area (Å²) in [5.41, 5.74) is 4.86. The molecular formula is C20H24N4OS. The monoisotopic (exact) mass is 368 g/mol. The predicted molar refractivity (Wildman–Crippen MR) is 105 cm³/mol. The second kappa shape index (κ2) is 7.41. The average molecular weight is 369 g/mol. The third-order valence-electron chi connectivity index (χ3n) is 4.35. The zero-order chi connectivity index (χ0) is 18.8. The van der Waals surface area contributed by atoms with Crippen LogP contribution >= 0.6 is 11.3 Å². The minimum atomic E-state index is -0.109. The molecule has 0 saturated carbocycles. The van der Waals surface area contributed by atoms with E-state index in [1.54, 1.807) is 11.3 Å². The highest BCUT2D eigenvalue weighted by Gasteiger charge is 2.16. The molecule has 1 amide bonds. The molecule has 0 spiro atoms. The largest absolute Gasteiger partial charge is 0.344 e. The van der Waals surface area contributed by atoms with Gasteiger partial charge in [-0.2, -0.15) is 5.10 Å².